The third kappa shape index (κ3) is 0.992. The van der Waals surface area contributed by atoms with Gasteiger partial charge in [0.15, 0.2) is 5.79 Å². The van der Waals surface area contributed by atoms with Crippen molar-refractivity contribution in [3.8, 4) is 0 Å². The van der Waals surface area contributed by atoms with Crippen LogP contribution in [0.25, 0.3) is 0 Å². The zero-order valence-electron chi connectivity index (χ0n) is 9.32. The number of hydrogen-bond acceptors (Lipinski definition) is 3. The summed E-state index contributed by atoms with van der Waals surface area (Å²) in [5.74, 6) is -1.09. The fourth-order valence-electron chi connectivity index (χ4n) is 3.59. The molecule has 3 aliphatic rings. The van der Waals surface area contributed by atoms with Crippen LogP contribution in [0.4, 0.5) is 0 Å². The number of ether oxygens (including phenoxy) is 1. The Morgan fingerprint density at radius 1 is 1.62 bits per heavy atom. The van der Waals surface area contributed by atoms with Crippen LogP contribution in [0.2, 0.25) is 0 Å². The minimum absolute atomic E-state index is 0.0570. The molecule has 88 valence electrons. The maximum atomic E-state index is 12.1. The van der Waals surface area contributed by atoms with Gasteiger partial charge < -0.3 is 14.7 Å². The lowest BCUT2D eigenvalue weighted by molar-refractivity contribution is -0.279. The smallest absolute Gasteiger partial charge is 0.252 e. The Kier molecular flexibility index (Phi) is 1.98. The first-order valence-electron chi connectivity index (χ1n) is 5.96. The Morgan fingerprint density at radius 2 is 2.44 bits per heavy atom. The number of hydrogen-bond donors (Lipinski definition) is 1. The van der Waals surface area contributed by atoms with Crippen molar-refractivity contribution >= 4 is 5.91 Å². The summed E-state index contributed by atoms with van der Waals surface area (Å²) in [7, 11) is 0. The van der Waals surface area contributed by atoms with E-state index in [0.717, 1.165) is 19.4 Å². The topological polar surface area (TPSA) is 49.8 Å². The van der Waals surface area contributed by atoms with Gasteiger partial charge in [-0.15, -0.1) is 6.58 Å². The van der Waals surface area contributed by atoms with Crippen molar-refractivity contribution in [3.63, 3.8) is 0 Å². The molecule has 1 N–H and O–H groups in total. The summed E-state index contributed by atoms with van der Waals surface area (Å²) in [5.41, 5.74) is -0.543. The summed E-state index contributed by atoms with van der Waals surface area (Å²) >= 11 is 0. The van der Waals surface area contributed by atoms with Crippen LogP contribution >= 0.6 is 0 Å². The van der Waals surface area contributed by atoms with Crippen LogP contribution in [-0.4, -0.2) is 39.9 Å². The van der Waals surface area contributed by atoms with Gasteiger partial charge in [-0.1, -0.05) is 6.08 Å². The van der Waals surface area contributed by atoms with Gasteiger partial charge in [-0.25, -0.2) is 0 Å². The van der Waals surface area contributed by atoms with Crippen LogP contribution in [0.1, 0.15) is 32.1 Å². The van der Waals surface area contributed by atoms with Gasteiger partial charge in [-0.05, 0) is 25.7 Å². The Labute approximate surface area is 94.9 Å². The fourth-order valence-corrected chi connectivity index (χ4v) is 3.59. The van der Waals surface area contributed by atoms with Crippen LogP contribution in [0.3, 0.4) is 0 Å². The normalized spacial score (nSPS) is 45.9. The van der Waals surface area contributed by atoms with Crippen LogP contribution < -0.4 is 0 Å². The standard InChI is InChI=1S/C12H17NO3/c1-2-5-11-6-3-8-13(11)10(14)9-4-7-12(11,15)16-9/h2,9,15H,1,3-8H2/t9-,11-,12?/m0/s1. The molecule has 3 fully saturated rings. The number of carbonyl (C=O) groups is 1. The van der Waals surface area contributed by atoms with Gasteiger partial charge in [0.2, 0.25) is 0 Å². The summed E-state index contributed by atoms with van der Waals surface area (Å²) in [4.78, 5) is 14.0. The van der Waals surface area contributed by atoms with Crippen LogP contribution in [-0.2, 0) is 9.53 Å². The predicted octanol–water partition coefficient (Wildman–Crippen LogP) is 0.805. The summed E-state index contributed by atoms with van der Waals surface area (Å²) in [6, 6.07) is 0. The molecule has 16 heavy (non-hydrogen) atoms. The van der Waals surface area contributed by atoms with E-state index in [4.69, 9.17) is 4.74 Å². The minimum Gasteiger partial charge on any atom is -0.364 e. The minimum atomic E-state index is -1.14. The molecule has 0 aliphatic carbocycles. The van der Waals surface area contributed by atoms with Crippen LogP contribution in [0, 0.1) is 0 Å². The van der Waals surface area contributed by atoms with E-state index in [-0.39, 0.29) is 5.91 Å². The third-order valence-electron chi connectivity index (χ3n) is 4.32. The fraction of sp³-hybridized carbons (Fsp3) is 0.750. The first-order chi connectivity index (χ1) is 7.63. The van der Waals surface area contributed by atoms with Gasteiger partial charge >= 0.3 is 0 Å². The average Bonchev–Trinajstić information content (AvgIpc) is 2.82. The first-order valence-corrected chi connectivity index (χ1v) is 5.96. The molecule has 0 radical (unpaired) electrons. The van der Waals surface area contributed by atoms with E-state index in [2.05, 4.69) is 6.58 Å². The lowest BCUT2D eigenvalue weighted by Gasteiger charge is -2.50. The number of nitrogens with zero attached hydrogens (tertiary/aromatic N) is 1. The second kappa shape index (κ2) is 3.08. The summed E-state index contributed by atoms with van der Waals surface area (Å²) in [6.07, 6.45) is 4.94. The average molecular weight is 223 g/mol. The molecule has 3 atom stereocenters. The second-order valence-electron chi connectivity index (χ2n) is 5.05. The van der Waals surface area contributed by atoms with Gasteiger partial charge in [0.05, 0.1) is 5.54 Å². The quantitative estimate of drug-likeness (QED) is 0.705. The summed E-state index contributed by atoms with van der Waals surface area (Å²) in [6.45, 7) is 4.49. The van der Waals surface area contributed by atoms with E-state index in [1.165, 1.54) is 0 Å². The predicted molar refractivity (Wildman–Crippen MR) is 57.5 cm³/mol. The van der Waals surface area contributed by atoms with E-state index in [0.29, 0.717) is 19.3 Å². The second-order valence-corrected chi connectivity index (χ2v) is 5.05. The molecule has 3 heterocycles. The molecule has 2 bridgehead atoms. The highest BCUT2D eigenvalue weighted by molar-refractivity contribution is 5.84. The number of fused-ring (bicyclic) bond motifs is 4. The molecule has 4 nitrogen and oxygen atoms in total. The Morgan fingerprint density at radius 3 is 3.19 bits per heavy atom. The van der Waals surface area contributed by atoms with Gasteiger partial charge in [-0.2, -0.15) is 0 Å². The molecule has 3 rings (SSSR count). The molecule has 0 aromatic heterocycles. The molecule has 0 saturated carbocycles. The Bertz CT molecular complexity index is 356. The molecule has 1 unspecified atom stereocenters. The SMILES string of the molecule is C=CC[C@@]12CCCN1C(=O)[C@@H]1CCC2(O)O1. The summed E-state index contributed by atoms with van der Waals surface area (Å²) in [5, 5.41) is 10.6. The van der Waals surface area contributed by atoms with Crippen LogP contribution in [0.15, 0.2) is 12.7 Å². The highest BCUT2D eigenvalue weighted by Crippen LogP contribution is 2.52. The van der Waals surface area contributed by atoms with Gasteiger partial charge in [0.1, 0.15) is 6.10 Å². The molecule has 4 heteroatoms. The lowest BCUT2D eigenvalue weighted by atomic mass is 9.81. The van der Waals surface area contributed by atoms with Gasteiger partial charge in [0.25, 0.3) is 5.91 Å². The maximum absolute atomic E-state index is 12.1. The Balaban J connectivity index is 2.08. The van der Waals surface area contributed by atoms with Gasteiger partial charge in [-0.3, -0.25) is 4.79 Å². The van der Waals surface area contributed by atoms with Crippen molar-refractivity contribution in [1.29, 1.82) is 0 Å². The number of aliphatic hydroxyl groups is 1. The maximum Gasteiger partial charge on any atom is 0.252 e. The number of carbonyl (C=O) groups excluding carboxylic acids is 1. The number of morpholine rings is 1. The Hall–Kier alpha value is -0.870. The molecule has 1 amide bonds. The number of amides is 1. The van der Waals surface area contributed by atoms with E-state index in [1.54, 1.807) is 6.08 Å². The molecule has 0 aromatic carbocycles. The third-order valence-corrected chi connectivity index (χ3v) is 4.32. The highest BCUT2D eigenvalue weighted by Gasteiger charge is 2.66. The van der Waals surface area contributed by atoms with Crippen molar-refractivity contribution in [2.24, 2.45) is 0 Å². The molecule has 3 saturated heterocycles. The van der Waals surface area contributed by atoms with E-state index in [1.807, 2.05) is 4.90 Å². The first kappa shape index (κ1) is 10.3. The van der Waals surface area contributed by atoms with Crippen molar-refractivity contribution in [3.05, 3.63) is 12.7 Å². The molecule has 3 aliphatic heterocycles. The van der Waals surface area contributed by atoms with E-state index in [9.17, 15) is 9.90 Å². The molecule has 0 spiro atoms. The molecule has 0 aromatic rings. The van der Waals surface area contributed by atoms with Gasteiger partial charge in [0, 0.05) is 13.0 Å². The zero-order chi connectivity index (χ0) is 11.4. The zero-order valence-corrected chi connectivity index (χ0v) is 9.32. The number of rotatable bonds is 2. The van der Waals surface area contributed by atoms with Crippen molar-refractivity contribution in [2.45, 2.75) is 49.5 Å². The monoisotopic (exact) mass is 223 g/mol. The largest absolute Gasteiger partial charge is 0.364 e. The van der Waals surface area contributed by atoms with Crippen molar-refractivity contribution in [1.82, 2.24) is 4.90 Å². The lowest BCUT2D eigenvalue weighted by Crippen LogP contribution is -2.67. The molecular weight excluding hydrogens is 206 g/mol. The molecular formula is C12H17NO3. The van der Waals surface area contributed by atoms with Crippen molar-refractivity contribution < 1.29 is 14.6 Å². The highest BCUT2D eigenvalue weighted by atomic mass is 16.6. The van der Waals surface area contributed by atoms with E-state index < -0.39 is 17.4 Å². The van der Waals surface area contributed by atoms with Crippen molar-refractivity contribution in [2.75, 3.05) is 6.54 Å². The van der Waals surface area contributed by atoms with E-state index >= 15 is 0 Å². The summed E-state index contributed by atoms with van der Waals surface area (Å²) < 4.78 is 5.58. The van der Waals surface area contributed by atoms with Crippen LogP contribution in [0.5, 0.6) is 0 Å².